The molecule has 0 heterocycles. The fourth-order valence-electron chi connectivity index (χ4n) is 2.43. The van der Waals surface area contributed by atoms with E-state index in [-0.39, 0.29) is 11.2 Å². The molecule has 0 amide bonds. The van der Waals surface area contributed by atoms with E-state index < -0.39 is 0 Å². The Labute approximate surface area is 105 Å². The van der Waals surface area contributed by atoms with E-state index in [1.54, 1.807) is 6.08 Å². The third-order valence-corrected chi connectivity index (χ3v) is 3.75. The lowest BCUT2D eigenvalue weighted by molar-refractivity contribution is -0.117. The lowest BCUT2D eigenvalue weighted by Gasteiger charge is -2.36. The monoisotopic (exact) mass is 235 g/mol. The highest BCUT2D eigenvalue weighted by atomic mass is 16.1. The van der Waals surface area contributed by atoms with Crippen molar-refractivity contribution in [1.29, 1.82) is 0 Å². The molecule has 0 aromatic heterocycles. The van der Waals surface area contributed by atoms with Crippen LogP contribution in [0.15, 0.2) is 23.8 Å². The van der Waals surface area contributed by atoms with Crippen LogP contribution in [0.2, 0.25) is 0 Å². The van der Waals surface area contributed by atoms with E-state index in [0.29, 0.717) is 18.4 Å². The van der Waals surface area contributed by atoms with Crippen LogP contribution >= 0.6 is 0 Å². The van der Waals surface area contributed by atoms with E-state index in [9.17, 15) is 4.79 Å². The summed E-state index contributed by atoms with van der Waals surface area (Å²) in [5.41, 5.74) is 1.23. The Morgan fingerprint density at radius 2 is 2.06 bits per heavy atom. The van der Waals surface area contributed by atoms with Crippen molar-refractivity contribution in [2.45, 2.75) is 40.2 Å². The van der Waals surface area contributed by atoms with Gasteiger partial charge in [0, 0.05) is 18.4 Å². The van der Waals surface area contributed by atoms with E-state index in [2.05, 4.69) is 58.8 Å². The predicted octanol–water partition coefficient (Wildman–Crippen LogP) is 3.05. The van der Waals surface area contributed by atoms with Gasteiger partial charge in [0.2, 0.25) is 0 Å². The Hall–Kier alpha value is -0.890. The van der Waals surface area contributed by atoms with Crippen molar-refractivity contribution in [2.75, 3.05) is 14.1 Å². The van der Waals surface area contributed by atoms with Gasteiger partial charge < -0.3 is 4.90 Å². The van der Waals surface area contributed by atoms with Crippen LogP contribution < -0.4 is 0 Å². The topological polar surface area (TPSA) is 20.3 Å². The second-order valence-electron chi connectivity index (χ2n) is 6.09. The molecule has 0 saturated carbocycles. The van der Waals surface area contributed by atoms with E-state index in [1.165, 1.54) is 5.57 Å². The quantitative estimate of drug-likeness (QED) is 0.701. The number of allylic oxidation sites excluding steroid dienone is 3. The zero-order chi connectivity index (χ0) is 13.2. The molecule has 0 aromatic carbocycles. The van der Waals surface area contributed by atoms with Crippen LogP contribution in [0, 0.1) is 11.3 Å². The molecular formula is C15H25NO. The summed E-state index contributed by atoms with van der Waals surface area (Å²) in [7, 11) is 4.15. The summed E-state index contributed by atoms with van der Waals surface area (Å²) in [5.74, 6) is 0.639. The highest BCUT2D eigenvalue weighted by molar-refractivity contribution is 5.92. The third kappa shape index (κ3) is 3.53. The normalized spacial score (nSPS) is 26.4. The van der Waals surface area contributed by atoms with Crippen molar-refractivity contribution < 1.29 is 4.79 Å². The Morgan fingerprint density at radius 3 is 2.53 bits per heavy atom. The highest BCUT2D eigenvalue weighted by Gasteiger charge is 2.34. The van der Waals surface area contributed by atoms with Gasteiger partial charge >= 0.3 is 0 Å². The second kappa shape index (κ2) is 5.18. The van der Waals surface area contributed by atoms with Gasteiger partial charge in [0.1, 0.15) is 0 Å². The predicted molar refractivity (Wildman–Crippen MR) is 72.9 cm³/mol. The molecule has 0 spiro atoms. The van der Waals surface area contributed by atoms with Gasteiger partial charge in [0.15, 0.2) is 5.78 Å². The number of ketones is 1. The lowest BCUT2D eigenvalue weighted by atomic mass is 9.68. The van der Waals surface area contributed by atoms with Gasteiger partial charge in [-0.15, -0.1) is 0 Å². The fraction of sp³-hybridized carbons (Fsp3) is 0.667. The molecule has 2 heteroatoms. The Bertz CT molecular complexity index is 350. The molecule has 96 valence electrons. The van der Waals surface area contributed by atoms with E-state index in [0.717, 1.165) is 0 Å². The number of nitrogens with zero attached hydrogens (tertiary/aromatic N) is 1. The zero-order valence-electron chi connectivity index (χ0n) is 11.9. The molecule has 2 nitrogen and oxygen atoms in total. The van der Waals surface area contributed by atoms with Crippen molar-refractivity contribution in [3.05, 3.63) is 23.8 Å². The number of likely N-dealkylation sites (N-methyl/N-ethyl adjacent to an activating group) is 1. The Balaban J connectivity index is 2.88. The maximum absolute atomic E-state index is 11.6. The SMILES string of the molecule is CC1=CC(=O)CC(C)(C)C1/C=C/C(C)N(C)C. The largest absolute Gasteiger partial charge is 0.303 e. The molecule has 0 radical (unpaired) electrons. The first-order chi connectivity index (χ1) is 7.74. The molecule has 1 rings (SSSR count). The van der Waals surface area contributed by atoms with Gasteiger partial charge in [-0.1, -0.05) is 31.6 Å². The van der Waals surface area contributed by atoms with Crippen LogP contribution in [0.1, 0.15) is 34.1 Å². The van der Waals surface area contributed by atoms with E-state index in [1.807, 2.05) is 0 Å². The summed E-state index contributed by atoms with van der Waals surface area (Å²) in [6, 6.07) is 0.427. The third-order valence-electron chi connectivity index (χ3n) is 3.75. The van der Waals surface area contributed by atoms with Gasteiger partial charge in [0.25, 0.3) is 0 Å². The van der Waals surface area contributed by atoms with Crippen LogP contribution in [0.5, 0.6) is 0 Å². The first kappa shape index (κ1) is 14.2. The minimum Gasteiger partial charge on any atom is -0.303 e. The van der Waals surface area contributed by atoms with Gasteiger partial charge in [-0.05, 0) is 39.4 Å². The Morgan fingerprint density at radius 1 is 1.47 bits per heavy atom. The van der Waals surface area contributed by atoms with E-state index in [4.69, 9.17) is 0 Å². The van der Waals surface area contributed by atoms with Crippen LogP contribution in [-0.2, 0) is 4.79 Å². The molecule has 2 atom stereocenters. The van der Waals surface area contributed by atoms with Crippen molar-refractivity contribution in [2.24, 2.45) is 11.3 Å². The molecule has 1 aliphatic rings. The summed E-state index contributed by atoms with van der Waals surface area (Å²) in [6.07, 6.45) is 6.96. The van der Waals surface area contributed by atoms with E-state index >= 15 is 0 Å². The molecule has 0 bridgehead atoms. The van der Waals surface area contributed by atoms with Crippen molar-refractivity contribution in [3.8, 4) is 0 Å². The van der Waals surface area contributed by atoms with Crippen molar-refractivity contribution in [3.63, 3.8) is 0 Å². The summed E-state index contributed by atoms with van der Waals surface area (Å²) in [6.45, 7) is 8.60. The van der Waals surface area contributed by atoms with Gasteiger partial charge in [-0.2, -0.15) is 0 Å². The molecule has 17 heavy (non-hydrogen) atoms. The molecule has 2 unspecified atom stereocenters. The van der Waals surface area contributed by atoms with Crippen LogP contribution in [-0.4, -0.2) is 30.8 Å². The van der Waals surface area contributed by atoms with Crippen molar-refractivity contribution >= 4 is 5.78 Å². The Kier molecular flexibility index (Phi) is 4.31. The number of hydrogen-bond acceptors (Lipinski definition) is 2. The zero-order valence-corrected chi connectivity index (χ0v) is 11.9. The fourth-order valence-corrected chi connectivity index (χ4v) is 2.43. The summed E-state index contributed by atoms with van der Waals surface area (Å²) in [4.78, 5) is 13.7. The molecule has 0 aromatic rings. The summed E-state index contributed by atoms with van der Waals surface area (Å²) in [5, 5.41) is 0. The first-order valence-corrected chi connectivity index (χ1v) is 6.30. The first-order valence-electron chi connectivity index (χ1n) is 6.30. The molecule has 1 aliphatic carbocycles. The van der Waals surface area contributed by atoms with Crippen LogP contribution in [0.4, 0.5) is 0 Å². The summed E-state index contributed by atoms with van der Waals surface area (Å²) >= 11 is 0. The van der Waals surface area contributed by atoms with Gasteiger partial charge in [-0.25, -0.2) is 0 Å². The average molecular weight is 235 g/mol. The van der Waals surface area contributed by atoms with Gasteiger partial charge in [0.05, 0.1) is 0 Å². The van der Waals surface area contributed by atoms with Crippen LogP contribution in [0.3, 0.4) is 0 Å². The standard InChI is InChI=1S/C15H25NO/c1-11-9-13(17)10-15(3,4)14(11)8-7-12(2)16(5)6/h7-9,12,14H,10H2,1-6H3/b8-7+. The lowest BCUT2D eigenvalue weighted by Crippen LogP contribution is -2.31. The smallest absolute Gasteiger partial charge is 0.156 e. The van der Waals surface area contributed by atoms with Crippen molar-refractivity contribution in [1.82, 2.24) is 4.90 Å². The average Bonchev–Trinajstić information content (AvgIpc) is 2.13. The number of carbonyl (C=O) groups is 1. The second-order valence-corrected chi connectivity index (χ2v) is 6.09. The highest BCUT2D eigenvalue weighted by Crippen LogP contribution is 2.40. The molecule has 0 aliphatic heterocycles. The van der Waals surface area contributed by atoms with Gasteiger partial charge in [-0.3, -0.25) is 4.79 Å². The molecule has 0 saturated heterocycles. The molecular weight excluding hydrogens is 210 g/mol. The number of carbonyl (C=O) groups excluding carboxylic acids is 1. The van der Waals surface area contributed by atoms with Crippen LogP contribution in [0.25, 0.3) is 0 Å². The molecule has 0 fully saturated rings. The minimum absolute atomic E-state index is 0.0401. The maximum Gasteiger partial charge on any atom is 0.156 e. The number of rotatable bonds is 3. The molecule has 0 N–H and O–H groups in total. The number of hydrogen-bond donors (Lipinski definition) is 0. The maximum atomic E-state index is 11.6. The minimum atomic E-state index is 0.0401. The summed E-state index contributed by atoms with van der Waals surface area (Å²) < 4.78 is 0.